The van der Waals surface area contributed by atoms with Gasteiger partial charge >= 0.3 is 0 Å². The quantitative estimate of drug-likeness (QED) is 0.677. The number of ether oxygens (including phenoxy) is 1. The zero-order valence-corrected chi connectivity index (χ0v) is 20.2. The van der Waals surface area contributed by atoms with Crippen molar-refractivity contribution in [3.63, 3.8) is 0 Å². The lowest BCUT2D eigenvalue weighted by Crippen LogP contribution is -2.50. The number of pyridine rings is 1. The van der Waals surface area contributed by atoms with Gasteiger partial charge in [0.25, 0.3) is 0 Å². The molecule has 0 aliphatic carbocycles. The minimum atomic E-state index is -3.43. The summed E-state index contributed by atoms with van der Waals surface area (Å²) in [6, 6.07) is 11.7. The van der Waals surface area contributed by atoms with Crippen LogP contribution in [-0.4, -0.2) is 60.9 Å². The molecule has 0 radical (unpaired) electrons. The summed E-state index contributed by atoms with van der Waals surface area (Å²) in [5.41, 5.74) is 1.16. The Morgan fingerprint density at radius 3 is 2.03 bits per heavy atom. The monoisotopic (exact) mass is 457 g/mol. The zero-order valence-electron chi connectivity index (χ0n) is 19.4. The van der Waals surface area contributed by atoms with Gasteiger partial charge in [0.2, 0.25) is 10.0 Å². The van der Waals surface area contributed by atoms with Gasteiger partial charge in [-0.1, -0.05) is 32.9 Å². The average molecular weight is 458 g/mol. The van der Waals surface area contributed by atoms with Crippen molar-refractivity contribution in [2.45, 2.75) is 68.9 Å². The summed E-state index contributed by atoms with van der Waals surface area (Å²) in [6.45, 7) is 9.58. The Bertz CT molecular complexity index is 971. The number of likely N-dealkylation sites (tertiary alicyclic amines) is 1. The van der Waals surface area contributed by atoms with Crippen LogP contribution >= 0.6 is 0 Å². The first-order valence-electron chi connectivity index (χ1n) is 11.6. The SMILES string of the molecule is CC(C)(C)c1ccc(S(=O)(=O)N2CCC(N3CCC(Oc4ccncc4)CC3)CC2)cc1. The third-order valence-corrected chi connectivity index (χ3v) is 8.64. The first kappa shape index (κ1) is 23.2. The molecule has 0 amide bonds. The second-order valence-electron chi connectivity index (χ2n) is 9.95. The molecule has 3 heterocycles. The highest BCUT2D eigenvalue weighted by atomic mass is 32.2. The Kier molecular flexibility index (Phi) is 6.89. The summed E-state index contributed by atoms with van der Waals surface area (Å²) in [4.78, 5) is 6.96. The van der Waals surface area contributed by atoms with Gasteiger partial charge < -0.3 is 9.64 Å². The topological polar surface area (TPSA) is 62.7 Å². The van der Waals surface area contributed by atoms with Crippen LogP contribution in [0.15, 0.2) is 53.7 Å². The molecule has 0 unspecified atom stereocenters. The highest BCUT2D eigenvalue weighted by Gasteiger charge is 2.33. The maximum atomic E-state index is 13.1. The highest BCUT2D eigenvalue weighted by molar-refractivity contribution is 7.89. The molecule has 2 saturated heterocycles. The number of benzene rings is 1. The van der Waals surface area contributed by atoms with E-state index in [-0.39, 0.29) is 11.5 Å². The van der Waals surface area contributed by atoms with Crippen molar-refractivity contribution in [2.24, 2.45) is 0 Å². The van der Waals surface area contributed by atoms with E-state index in [1.165, 1.54) is 0 Å². The average Bonchev–Trinajstić information content (AvgIpc) is 2.80. The summed E-state index contributed by atoms with van der Waals surface area (Å²) in [5.74, 6) is 0.882. The van der Waals surface area contributed by atoms with Crippen molar-refractivity contribution in [1.82, 2.24) is 14.2 Å². The van der Waals surface area contributed by atoms with Crippen LogP contribution in [0.5, 0.6) is 5.75 Å². The van der Waals surface area contributed by atoms with Crippen molar-refractivity contribution in [3.05, 3.63) is 54.4 Å². The fourth-order valence-corrected chi connectivity index (χ4v) is 6.16. The van der Waals surface area contributed by atoms with Gasteiger partial charge in [-0.05, 0) is 60.9 Å². The second kappa shape index (κ2) is 9.49. The molecule has 2 fully saturated rings. The van der Waals surface area contributed by atoms with Crippen molar-refractivity contribution >= 4 is 10.0 Å². The van der Waals surface area contributed by atoms with Gasteiger partial charge in [-0.2, -0.15) is 4.31 Å². The van der Waals surface area contributed by atoms with Gasteiger partial charge in [-0.15, -0.1) is 0 Å². The smallest absolute Gasteiger partial charge is 0.243 e. The van der Waals surface area contributed by atoms with E-state index in [4.69, 9.17) is 4.74 Å². The Morgan fingerprint density at radius 1 is 0.875 bits per heavy atom. The molecule has 1 aromatic carbocycles. The molecule has 6 nitrogen and oxygen atoms in total. The fourth-order valence-electron chi connectivity index (χ4n) is 4.69. The standard InChI is InChI=1S/C25H35N3O3S/c1-25(2,3)20-4-6-24(7-5-20)32(29,30)28-18-10-21(11-19-28)27-16-12-23(13-17-27)31-22-8-14-26-15-9-22/h4-9,14-15,21,23H,10-13,16-19H2,1-3H3. The molecule has 174 valence electrons. The first-order valence-corrected chi connectivity index (χ1v) is 13.1. The molecule has 2 aliphatic heterocycles. The van der Waals surface area contributed by atoms with Gasteiger partial charge in [-0.3, -0.25) is 4.98 Å². The molecule has 0 atom stereocenters. The largest absolute Gasteiger partial charge is 0.490 e. The number of hydrogen-bond donors (Lipinski definition) is 0. The molecule has 1 aromatic heterocycles. The maximum Gasteiger partial charge on any atom is 0.243 e. The first-order chi connectivity index (χ1) is 15.2. The van der Waals surface area contributed by atoms with Crippen LogP contribution in [0.2, 0.25) is 0 Å². The van der Waals surface area contributed by atoms with Crippen LogP contribution < -0.4 is 4.74 Å². The predicted molar refractivity (Wildman–Crippen MR) is 126 cm³/mol. The van der Waals surface area contributed by atoms with E-state index in [9.17, 15) is 8.42 Å². The van der Waals surface area contributed by atoms with Crippen LogP contribution in [-0.2, 0) is 15.4 Å². The highest BCUT2D eigenvalue weighted by Crippen LogP contribution is 2.28. The minimum absolute atomic E-state index is 0.0113. The molecular weight excluding hydrogens is 422 g/mol. The minimum Gasteiger partial charge on any atom is -0.490 e. The predicted octanol–water partition coefficient (Wildman–Crippen LogP) is 4.08. The van der Waals surface area contributed by atoms with Crippen LogP contribution in [0, 0.1) is 0 Å². The van der Waals surface area contributed by atoms with Crippen molar-refractivity contribution in [3.8, 4) is 5.75 Å². The molecule has 4 rings (SSSR count). The number of hydrogen-bond acceptors (Lipinski definition) is 5. The molecule has 7 heteroatoms. The van der Waals surface area contributed by atoms with Gasteiger partial charge in [-0.25, -0.2) is 8.42 Å². The lowest BCUT2D eigenvalue weighted by atomic mass is 9.87. The summed E-state index contributed by atoms with van der Waals surface area (Å²) in [7, 11) is -3.43. The molecule has 0 spiro atoms. The Balaban J connectivity index is 1.28. The lowest BCUT2D eigenvalue weighted by Gasteiger charge is -2.41. The van der Waals surface area contributed by atoms with Crippen LogP contribution in [0.3, 0.4) is 0 Å². The van der Waals surface area contributed by atoms with E-state index < -0.39 is 10.0 Å². The second-order valence-corrected chi connectivity index (χ2v) is 11.9. The number of rotatable bonds is 5. The third kappa shape index (κ3) is 5.33. The summed E-state index contributed by atoms with van der Waals surface area (Å²) in [5, 5.41) is 0. The summed E-state index contributed by atoms with van der Waals surface area (Å²) >= 11 is 0. The zero-order chi connectivity index (χ0) is 22.8. The number of aromatic nitrogens is 1. The Hall–Kier alpha value is -1.96. The van der Waals surface area contributed by atoms with Crippen LogP contribution in [0.1, 0.15) is 52.0 Å². The van der Waals surface area contributed by atoms with Crippen LogP contribution in [0.4, 0.5) is 0 Å². The molecule has 0 saturated carbocycles. The molecule has 32 heavy (non-hydrogen) atoms. The number of piperidine rings is 2. The van der Waals surface area contributed by atoms with Gasteiger partial charge in [0, 0.05) is 44.6 Å². The van der Waals surface area contributed by atoms with Gasteiger partial charge in [0.1, 0.15) is 11.9 Å². The van der Waals surface area contributed by atoms with Gasteiger partial charge in [0.15, 0.2) is 0 Å². The molecule has 2 aromatic rings. The summed E-state index contributed by atoms with van der Waals surface area (Å²) in [6.07, 6.45) is 7.52. The number of sulfonamides is 1. The van der Waals surface area contributed by atoms with Crippen molar-refractivity contribution < 1.29 is 13.2 Å². The van der Waals surface area contributed by atoms with Crippen molar-refractivity contribution in [1.29, 1.82) is 0 Å². The van der Waals surface area contributed by atoms with E-state index in [1.54, 1.807) is 28.8 Å². The molecule has 0 bridgehead atoms. The molecular formula is C25H35N3O3S. The van der Waals surface area contributed by atoms with E-state index in [0.717, 1.165) is 50.1 Å². The molecule has 0 N–H and O–H groups in total. The van der Waals surface area contributed by atoms with E-state index in [0.29, 0.717) is 24.0 Å². The maximum absolute atomic E-state index is 13.1. The van der Waals surface area contributed by atoms with Gasteiger partial charge in [0.05, 0.1) is 4.90 Å². The number of nitrogens with zero attached hydrogens (tertiary/aromatic N) is 3. The fraction of sp³-hybridized carbons (Fsp3) is 0.560. The van der Waals surface area contributed by atoms with Crippen molar-refractivity contribution in [2.75, 3.05) is 26.2 Å². The van der Waals surface area contributed by atoms with Crippen LogP contribution in [0.25, 0.3) is 0 Å². The van der Waals surface area contributed by atoms with E-state index >= 15 is 0 Å². The Labute approximate surface area is 192 Å². The Morgan fingerprint density at radius 2 is 1.47 bits per heavy atom. The van der Waals surface area contributed by atoms with E-state index in [2.05, 4.69) is 30.7 Å². The normalized spacial score (nSPS) is 20.3. The third-order valence-electron chi connectivity index (χ3n) is 6.73. The van der Waals surface area contributed by atoms with E-state index in [1.807, 2.05) is 24.3 Å². The summed E-state index contributed by atoms with van der Waals surface area (Å²) < 4.78 is 34.0. The lowest BCUT2D eigenvalue weighted by molar-refractivity contribution is 0.0585. The molecule has 2 aliphatic rings.